The van der Waals surface area contributed by atoms with Crippen LogP contribution in [0.5, 0.6) is 0 Å². The molecule has 0 saturated carbocycles. The lowest BCUT2D eigenvalue weighted by atomic mass is 11.6. The van der Waals surface area contributed by atoms with Gasteiger partial charge in [-0.2, -0.15) is 21.6 Å². The predicted molar refractivity (Wildman–Crippen MR) is 28.9 cm³/mol. The van der Waals surface area contributed by atoms with E-state index in [4.69, 9.17) is 13.0 Å². The second-order valence-electron chi connectivity index (χ2n) is 0.921. The van der Waals surface area contributed by atoms with E-state index >= 15 is 0 Å². The molecule has 8 heteroatoms. The summed E-state index contributed by atoms with van der Waals surface area (Å²) >= 11 is 0. The number of rotatable bonds is 0. The highest BCUT2D eigenvalue weighted by atomic mass is 32.2. The molecule has 0 aromatic heterocycles. The molecule has 1 N–H and O–H groups in total. The van der Waals surface area contributed by atoms with Gasteiger partial charge in [-0.05, 0) is 11.0 Å². The summed E-state index contributed by atoms with van der Waals surface area (Å²) in [4.78, 5) is 0. The fourth-order valence-electron chi connectivity index (χ4n) is 0. The lowest BCUT2D eigenvalue weighted by molar-refractivity contribution is -0.0510. The average Bonchev–Trinajstić information content (AvgIpc) is 1.25. The lowest BCUT2D eigenvalue weighted by Gasteiger charge is -1.97. The van der Waals surface area contributed by atoms with Crippen molar-refractivity contribution >= 4 is 21.1 Å². The summed E-state index contributed by atoms with van der Waals surface area (Å²) in [5.41, 5.74) is -5.53. The van der Waals surface area contributed by atoms with Crippen LogP contribution in [0.3, 0.4) is 0 Å². The van der Waals surface area contributed by atoms with Gasteiger partial charge in [-0.3, -0.25) is 4.55 Å². The van der Waals surface area contributed by atoms with E-state index in [0.29, 0.717) is 0 Å². The minimum Gasteiger partial charge on any atom is -0.279 e. The molecule has 0 spiro atoms. The van der Waals surface area contributed by atoms with Gasteiger partial charge < -0.3 is 0 Å². The highest BCUT2D eigenvalue weighted by Gasteiger charge is 2.44. The zero-order valence-corrected chi connectivity index (χ0v) is 4.12. The van der Waals surface area contributed by atoms with Gasteiger partial charge in [-0.15, -0.1) is 0 Å². The summed E-state index contributed by atoms with van der Waals surface area (Å²) in [6.07, 6.45) is 0. The van der Waals surface area contributed by atoms with Crippen molar-refractivity contribution in [3.63, 3.8) is 0 Å². The summed E-state index contributed by atoms with van der Waals surface area (Å²) in [7, 11) is -5.84. The maximum atomic E-state index is 10.7. The van der Waals surface area contributed by atoms with Gasteiger partial charge in [0.2, 0.25) is 0 Å². The third-order valence-corrected chi connectivity index (χ3v) is 0.877. The lowest BCUT2D eigenvalue weighted by Crippen LogP contribution is -2.21. The molecule has 0 aromatic carbocycles. The summed E-state index contributed by atoms with van der Waals surface area (Å²) in [5.74, 6) is 0. The maximum absolute atomic E-state index is 10.7. The Morgan fingerprint density at radius 3 is 1.33 bits per heavy atom. The van der Waals surface area contributed by atoms with Gasteiger partial charge >= 0.3 is 15.6 Å². The molecule has 0 aliphatic heterocycles. The standard InChI is InChI=1S/CHF3O3S.H4Si/c2-1(3,4)8(5,6)7;/h(H,5,6,7);1H4. The van der Waals surface area contributed by atoms with E-state index in [1.165, 1.54) is 0 Å². The molecular formula is CH5F3O3SSi. The summed E-state index contributed by atoms with van der Waals surface area (Å²) in [6, 6.07) is 0. The van der Waals surface area contributed by atoms with Gasteiger partial charge in [0.05, 0.1) is 0 Å². The van der Waals surface area contributed by atoms with Gasteiger partial charge in [0, 0.05) is 0 Å². The van der Waals surface area contributed by atoms with Crippen LogP contribution in [-0.4, -0.2) is 29.4 Å². The minimum atomic E-state index is -5.84. The van der Waals surface area contributed by atoms with Crippen LogP contribution in [0, 0.1) is 0 Å². The highest BCUT2D eigenvalue weighted by Crippen LogP contribution is 2.20. The van der Waals surface area contributed by atoms with Crippen LogP contribution < -0.4 is 0 Å². The number of hydrogen-bond acceptors (Lipinski definition) is 2. The number of hydrogen-bond donors (Lipinski definition) is 1. The van der Waals surface area contributed by atoms with E-state index in [-0.39, 0.29) is 11.0 Å². The molecule has 0 saturated heterocycles. The van der Waals surface area contributed by atoms with Crippen LogP contribution in [0.1, 0.15) is 0 Å². The second-order valence-corrected chi connectivity index (χ2v) is 2.33. The van der Waals surface area contributed by atoms with E-state index in [0.717, 1.165) is 0 Å². The van der Waals surface area contributed by atoms with E-state index in [9.17, 15) is 13.2 Å². The molecule has 0 unspecified atom stereocenters. The maximum Gasteiger partial charge on any atom is 0.522 e. The van der Waals surface area contributed by atoms with Gasteiger partial charge in [-0.1, -0.05) is 0 Å². The molecular weight excluding hydrogens is 177 g/mol. The quantitative estimate of drug-likeness (QED) is 0.295. The zero-order chi connectivity index (χ0) is 7.00. The van der Waals surface area contributed by atoms with Crippen LogP contribution in [0.15, 0.2) is 0 Å². The van der Waals surface area contributed by atoms with Crippen molar-refractivity contribution in [1.29, 1.82) is 0 Å². The Morgan fingerprint density at radius 1 is 1.22 bits per heavy atom. The van der Waals surface area contributed by atoms with E-state index in [1.807, 2.05) is 0 Å². The van der Waals surface area contributed by atoms with E-state index in [1.54, 1.807) is 0 Å². The Hall–Kier alpha value is -0.0831. The topological polar surface area (TPSA) is 54.4 Å². The van der Waals surface area contributed by atoms with Crippen molar-refractivity contribution in [3.8, 4) is 0 Å². The smallest absolute Gasteiger partial charge is 0.279 e. The first-order valence-corrected chi connectivity index (χ1v) is 2.73. The molecule has 3 nitrogen and oxygen atoms in total. The van der Waals surface area contributed by atoms with Crippen LogP contribution in [0.25, 0.3) is 0 Å². The summed E-state index contributed by atoms with van der Waals surface area (Å²) in [5, 5.41) is 0. The van der Waals surface area contributed by atoms with E-state index < -0.39 is 15.6 Å². The molecule has 0 heterocycles. The first-order chi connectivity index (χ1) is 3.25. The van der Waals surface area contributed by atoms with Crippen LogP contribution >= 0.6 is 0 Å². The van der Waals surface area contributed by atoms with Gasteiger partial charge in [0.15, 0.2) is 0 Å². The average molecular weight is 182 g/mol. The Balaban J connectivity index is 0. The van der Waals surface area contributed by atoms with Gasteiger partial charge in [0.1, 0.15) is 0 Å². The first kappa shape index (κ1) is 11.7. The molecule has 0 rings (SSSR count). The van der Waals surface area contributed by atoms with Gasteiger partial charge in [0.25, 0.3) is 0 Å². The largest absolute Gasteiger partial charge is 0.522 e. The first-order valence-electron chi connectivity index (χ1n) is 1.29. The van der Waals surface area contributed by atoms with E-state index in [2.05, 4.69) is 0 Å². The van der Waals surface area contributed by atoms with Crippen molar-refractivity contribution in [2.45, 2.75) is 5.51 Å². The number of alkyl halides is 3. The molecule has 0 amide bonds. The third kappa shape index (κ3) is 3.49. The predicted octanol–water partition coefficient (Wildman–Crippen LogP) is -1.06. The molecule has 0 radical (unpaired) electrons. The fourth-order valence-corrected chi connectivity index (χ4v) is 0. The highest BCUT2D eigenvalue weighted by molar-refractivity contribution is 7.86. The Morgan fingerprint density at radius 2 is 1.33 bits per heavy atom. The molecule has 58 valence electrons. The molecule has 0 atom stereocenters. The van der Waals surface area contributed by atoms with Crippen molar-refractivity contribution in [3.05, 3.63) is 0 Å². The molecule has 0 aliphatic carbocycles. The Bertz CT molecular complexity index is 168. The molecule has 0 bridgehead atoms. The number of halogens is 3. The molecule has 0 fully saturated rings. The Kier molecular flexibility index (Phi) is 3.46. The van der Waals surface area contributed by atoms with Crippen molar-refractivity contribution < 1.29 is 26.1 Å². The third-order valence-electron chi connectivity index (χ3n) is 0.292. The molecule has 0 aliphatic rings. The summed E-state index contributed by atoms with van der Waals surface area (Å²) in [6.45, 7) is 0. The SMILES string of the molecule is O=S(=O)(O)C(F)(F)F.[SiH4]. The fraction of sp³-hybridized carbons (Fsp3) is 1.00. The van der Waals surface area contributed by atoms with Crippen LogP contribution in [0.4, 0.5) is 13.2 Å². The normalized spacial score (nSPS) is 12.4. The monoisotopic (exact) mass is 182 g/mol. The van der Waals surface area contributed by atoms with Crippen molar-refractivity contribution in [1.82, 2.24) is 0 Å². The minimum absolute atomic E-state index is 0. The summed E-state index contributed by atoms with van der Waals surface area (Å²) < 4.78 is 57.5. The molecule has 0 aromatic rings. The molecule has 9 heavy (non-hydrogen) atoms. The van der Waals surface area contributed by atoms with Crippen molar-refractivity contribution in [2.24, 2.45) is 0 Å². The van der Waals surface area contributed by atoms with Crippen molar-refractivity contribution in [2.75, 3.05) is 0 Å². The Labute approximate surface area is 53.6 Å². The second kappa shape index (κ2) is 2.67. The van der Waals surface area contributed by atoms with Crippen LogP contribution in [0.2, 0.25) is 0 Å². The zero-order valence-electron chi connectivity index (χ0n) is 3.31. The van der Waals surface area contributed by atoms with Crippen LogP contribution in [-0.2, 0) is 10.1 Å². The van der Waals surface area contributed by atoms with Gasteiger partial charge in [-0.25, -0.2) is 0 Å².